The minimum absolute atomic E-state index is 0.168. The van der Waals surface area contributed by atoms with Crippen molar-refractivity contribution >= 4 is 22.7 Å². The minimum Gasteiger partial charge on any atom is -0.264 e. The molecule has 0 bridgehead atoms. The van der Waals surface area contributed by atoms with Crippen molar-refractivity contribution in [2.45, 2.75) is 131 Å². The lowest BCUT2D eigenvalue weighted by Gasteiger charge is -2.18. The molecule has 5 nitrogen and oxygen atoms in total. The lowest BCUT2D eigenvalue weighted by molar-refractivity contribution is 0.584. The first-order chi connectivity index (χ1) is 22.0. The van der Waals surface area contributed by atoms with Gasteiger partial charge in [0.2, 0.25) is 0 Å². The third-order valence-corrected chi connectivity index (χ3v) is 9.24. The van der Waals surface area contributed by atoms with Gasteiger partial charge >= 0.3 is 0 Å². The van der Waals surface area contributed by atoms with E-state index >= 15 is 0 Å². The van der Waals surface area contributed by atoms with Gasteiger partial charge in [-0.25, -0.2) is 15.0 Å². The molecule has 4 heterocycles. The lowest BCUT2D eigenvalue weighted by atomic mass is 9.87. The Bertz CT molecular complexity index is 1320. The van der Waals surface area contributed by atoms with Gasteiger partial charge in [-0.3, -0.25) is 9.97 Å². The Hall–Kier alpha value is -3.29. The Morgan fingerprint density at radius 2 is 0.958 bits per heavy atom. The largest absolute Gasteiger partial charge is 0.264 e. The number of hydrogen-bond donors (Lipinski definition) is 0. The Morgan fingerprint density at radius 3 is 1.23 bits per heavy atom. The highest BCUT2D eigenvalue weighted by atomic mass is 32.1. The molecule has 0 unspecified atom stereocenters. The molecule has 0 saturated carbocycles. The molecule has 5 aromatic rings. The topological polar surface area (TPSA) is 64.5 Å². The second-order valence-electron chi connectivity index (χ2n) is 16.7. The van der Waals surface area contributed by atoms with Crippen LogP contribution in [0.1, 0.15) is 130 Å². The van der Waals surface area contributed by atoms with Gasteiger partial charge in [0.1, 0.15) is 6.33 Å². The number of benzene rings is 1. The van der Waals surface area contributed by atoms with Crippen LogP contribution in [0.4, 0.5) is 0 Å². The number of hydrogen-bond acceptors (Lipinski definition) is 7. The third-order valence-electron chi connectivity index (χ3n) is 6.84. The van der Waals surface area contributed by atoms with Crippen molar-refractivity contribution < 1.29 is 0 Å². The summed E-state index contributed by atoms with van der Waals surface area (Å²) in [5, 5.41) is 3.23. The number of thiazole rings is 2. The van der Waals surface area contributed by atoms with Crippen LogP contribution in [0, 0.1) is 0 Å². The van der Waals surface area contributed by atoms with E-state index in [-0.39, 0.29) is 21.7 Å². The molecule has 48 heavy (non-hydrogen) atoms. The van der Waals surface area contributed by atoms with Gasteiger partial charge in [-0.2, -0.15) is 0 Å². The average molecular weight is 688 g/mol. The predicted octanol–water partition coefficient (Wildman–Crippen LogP) is 12.0. The van der Waals surface area contributed by atoms with E-state index in [0.29, 0.717) is 5.41 Å². The zero-order valence-corrected chi connectivity index (χ0v) is 33.9. The molecule has 0 N–H and O–H groups in total. The SMILES string of the molecule is CC(C)(C)c1ccccc1.CC(C)(C)c1cccnc1.CC(C)(C)c1cncnc1.CC(C)(C)c1cncs1.CC(C)(C)c1nccs1. The number of aromatic nitrogens is 5. The summed E-state index contributed by atoms with van der Waals surface area (Å²) in [6.07, 6.45) is 12.8. The standard InChI is InChI=1S/C10H14.C9H13N.C8H12N2.2C7H11NS/c1-10(2,3)9-7-5-4-6-8-9;1-9(2,3)8-5-4-6-10-7-8;1-8(2,3)7-4-9-6-10-5-7;1-7(2,3)6-4-8-5-9-6;1-7(2,3)6-8-4-5-9-6/h4-8H,1-3H3;4-7H,1-3H3;4-6H,1-3H3;2*4-5H,1-3H3. The molecule has 0 amide bonds. The van der Waals surface area contributed by atoms with Crippen molar-refractivity contribution in [1.82, 2.24) is 24.9 Å². The molecular formula is C41H61N5S2. The van der Waals surface area contributed by atoms with Crippen molar-refractivity contribution in [2.75, 3.05) is 0 Å². The van der Waals surface area contributed by atoms with Crippen LogP contribution in [0.2, 0.25) is 0 Å². The van der Waals surface area contributed by atoms with Crippen molar-refractivity contribution in [1.29, 1.82) is 0 Å². The summed E-state index contributed by atoms with van der Waals surface area (Å²) >= 11 is 3.44. The Morgan fingerprint density at radius 1 is 0.438 bits per heavy atom. The lowest BCUT2D eigenvalue weighted by Crippen LogP contribution is -2.11. The predicted molar refractivity (Wildman–Crippen MR) is 210 cm³/mol. The molecule has 1 aromatic carbocycles. The average Bonchev–Trinajstić information content (AvgIpc) is 3.75. The van der Waals surface area contributed by atoms with Gasteiger partial charge in [-0.05, 0) is 44.4 Å². The molecule has 7 heteroatoms. The fraction of sp³-hybridized carbons (Fsp3) is 0.488. The summed E-state index contributed by atoms with van der Waals surface area (Å²) in [5.74, 6) is 0. The third kappa shape index (κ3) is 17.7. The fourth-order valence-electron chi connectivity index (χ4n) is 3.61. The molecule has 0 aliphatic heterocycles. The number of rotatable bonds is 0. The van der Waals surface area contributed by atoms with Crippen LogP contribution in [-0.4, -0.2) is 24.9 Å². The van der Waals surface area contributed by atoms with E-state index < -0.39 is 0 Å². The van der Waals surface area contributed by atoms with E-state index in [0.717, 1.165) is 0 Å². The van der Waals surface area contributed by atoms with Crippen LogP contribution >= 0.6 is 22.7 Å². The van der Waals surface area contributed by atoms with Crippen molar-refractivity contribution in [3.8, 4) is 0 Å². The van der Waals surface area contributed by atoms with Crippen LogP contribution in [0.5, 0.6) is 0 Å². The van der Waals surface area contributed by atoms with Gasteiger partial charge in [-0.1, -0.05) is 140 Å². The molecule has 0 radical (unpaired) electrons. The Labute approximate surface area is 300 Å². The summed E-state index contributed by atoms with van der Waals surface area (Å²) in [6.45, 7) is 32.8. The Balaban J connectivity index is 0.000000300. The van der Waals surface area contributed by atoms with Crippen LogP contribution in [-0.2, 0) is 27.1 Å². The quantitative estimate of drug-likeness (QED) is 0.162. The van der Waals surface area contributed by atoms with Crippen LogP contribution in [0.3, 0.4) is 0 Å². The van der Waals surface area contributed by atoms with Gasteiger partial charge in [0.25, 0.3) is 0 Å². The van der Waals surface area contributed by atoms with E-state index in [9.17, 15) is 0 Å². The zero-order chi connectivity index (χ0) is 36.7. The van der Waals surface area contributed by atoms with Crippen LogP contribution in [0.15, 0.2) is 96.9 Å². The molecule has 0 fully saturated rings. The van der Waals surface area contributed by atoms with Gasteiger partial charge < -0.3 is 0 Å². The second-order valence-corrected chi connectivity index (χ2v) is 18.5. The zero-order valence-electron chi connectivity index (χ0n) is 32.3. The van der Waals surface area contributed by atoms with Gasteiger partial charge in [0.05, 0.1) is 10.5 Å². The minimum atomic E-state index is 0.168. The monoisotopic (exact) mass is 687 g/mol. The van der Waals surface area contributed by atoms with E-state index in [1.54, 1.807) is 35.2 Å². The first kappa shape index (κ1) is 42.7. The maximum Gasteiger partial charge on any atom is 0.115 e. The van der Waals surface area contributed by atoms with E-state index in [1.165, 1.54) is 26.6 Å². The molecule has 262 valence electrons. The fourth-order valence-corrected chi connectivity index (χ4v) is 5.05. The maximum absolute atomic E-state index is 4.21. The summed E-state index contributed by atoms with van der Waals surface area (Å²) in [7, 11) is 0. The van der Waals surface area contributed by atoms with Gasteiger partial charge in [0, 0.05) is 52.9 Å². The molecular weight excluding hydrogens is 627 g/mol. The summed E-state index contributed by atoms with van der Waals surface area (Å²) in [6, 6.07) is 14.6. The van der Waals surface area contributed by atoms with E-state index in [1.807, 2.05) is 47.9 Å². The van der Waals surface area contributed by atoms with Gasteiger partial charge in [-0.15, -0.1) is 22.7 Å². The van der Waals surface area contributed by atoms with Gasteiger partial charge in [0.15, 0.2) is 0 Å². The number of nitrogens with zero attached hydrogens (tertiary/aromatic N) is 5. The van der Waals surface area contributed by atoms with Crippen LogP contribution in [0.25, 0.3) is 0 Å². The highest BCUT2D eigenvalue weighted by Gasteiger charge is 2.16. The molecule has 0 aliphatic carbocycles. The first-order valence-electron chi connectivity index (χ1n) is 16.5. The Kier molecular flexibility index (Phi) is 17.0. The van der Waals surface area contributed by atoms with E-state index in [2.05, 4.69) is 165 Å². The molecule has 0 aliphatic rings. The molecule has 4 aromatic heterocycles. The van der Waals surface area contributed by atoms with E-state index in [4.69, 9.17) is 0 Å². The van der Waals surface area contributed by atoms with Crippen molar-refractivity contribution in [2.24, 2.45) is 0 Å². The maximum atomic E-state index is 4.21. The van der Waals surface area contributed by atoms with Crippen molar-refractivity contribution in [3.05, 3.63) is 123 Å². The molecule has 5 rings (SSSR count). The first-order valence-corrected chi connectivity index (χ1v) is 18.3. The molecule has 0 spiro atoms. The smallest absolute Gasteiger partial charge is 0.115 e. The highest BCUT2D eigenvalue weighted by molar-refractivity contribution is 7.10. The summed E-state index contributed by atoms with van der Waals surface area (Å²) < 4.78 is 0. The molecule has 0 atom stereocenters. The number of pyridine rings is 1. The summed E-state index contributed by atoms with van der Waals surface area (Å²) in [4.78, 5) is 21.5. The van der Waals surface area contributed by atoms with Crippen LogP contribution < -0.4 is 0 Å². The van der Waals surface area contributed by atoms with Crippen molar-refractivity contribution in [3.63, 3.8) is 0 Å². The normalized spacial score (nSPS) is 11.6. The highest BCUT2D eigenvalue weighted by Crippen LogP contribution is 2.25. The second kappa shape index (κ2) is 19.0. The summed E-state index contributed by atoms with van der Waals surface area (Å²) in [5.41, 5.74) is 6.94. The molecule has 0 saturated heterocycles.